The van der Waals surface area contributed by atoms with E-state index in [-0.39, 0.29) is 34.8 Å². The molecule has 1 atom stereocenters. The zero-order chi connectivity index (χ0) is 44.4. The quantitative estimate of drug-likeness (QED) is 0.0512. The van der Waals surface area contributed by atoms with Gasteiger partial charge in [-0.1, -0.05) is 81.3 Å². The maximum absolute atomic E-state index is 13.3. The Morgan fingerprint density at radius 1 is 0.952 bits per heavy atom. The molecule has 0 bridgehead atoms. The van der Waals surface area contributed by atoms with Crippen molar-refractivity contribution in [1.82, 2.24) is 15.2 Å². The molecule has 0 aliphatic carbocycles. The minimum absolute atomic E-state index is 0.00244. The number of pyridine rings is 1. The molecular formula is C49H59N5O7Si. The monoisotopic (exact) mass is 857 g/mol. The number of phenolic OH excluding ortho intramolecular Hbond substituents is 1. The lowest BCUT2D eigenvalue weighted by Crippen LogP contribution is -2.43. The highest BCUT2D eigenvalue weighted by molar-refractivity contribution is 6.74. The van der Waals surface area contributed by atoms with E-state index < -0.39 is 20.5 Å². The summed E-state index contributed by atoms with van der Waals surface area (Å²) >= 11 is 0. The Bertz CT molecular complexity index is 2480. The fourth-order valence-corrected chi connectivity index (χ4v) is 8.67. The molecule has 0 saturated carbocycles. The molecule has 1 aliphatic rings. The molecule has 2 amide bonds. The van der Waals surface area contributed by atoms with Crippen molar-refractivity contribution in [2.45, 2.75) is 83.8 Å². The van der Waals surface area contributed by atoms with Crippen LogP contribution in [0.5, 0.6) is 11.5 Å². The number of aromatic amines is 1. The second-order valence-corrected chi connectivity index (χ2v) is 21.9. The number of benzene rings is 4. The first kappa shape index (κ1) is 45.6. The lowest BCUT2D eigenvalue weighted by molar-refractivity contribution is -0.116. The van der Waals surface area contributed by atoms with Gasteiger partial charge in [-0.25, -0.2) is 4.79 Å². The van der Waals surface area contributed by atoms with Crippen molar-refractivity contribution in [3.63, 3.8) is 0 Å². The summed E-state index contributed by atoms with van der Waals surface area (Å²) in [7, 11) is -0.684. The van der Waals surface area contributed by atoms with Crippen LogP contribution in [0, 0.1) is 11.8 Å². The number of likely N-dealkylation sites (tertiary alicyclic amines) is 1. The first-order chi connectivity index (χ1) is 29.6. The number of ether oxygens (including phenoxy) is 2. The summed E-state index contributed by atoms with van der Waals surface area (Å²) in [6.07, 6.45) is 0.547. The van der Waals surface area contributed by atoms with Crippen LogP contribution in [-0.2, 0) is 20.5 Å². The van der Waals surface area contributed by atoms with Crippen molar-refractivity contribution in [2.75, 3.05) is 43.9 Å². The van der Waals surface area contributed by atoms with Gasteiger partial charge in [0.1, 0.15) is 17.6 Å². The highest BCUT2D eigenvalue weighted by atomic mass is 28.4. The van der Waals surface area contributed by atoms with Gasteiger partial charge in [0.05, 0.1) is 30.1 Å². The molecular weight excluding hydrogens is 799 g/mol. The summed E-state index contributed by atoms with van der Waals surface area (Å²) in [6.45, 7) is 15.5. The SMILES string of the molecule is CC#Cc1cc(CNC[C@H](O[Si](C)(C)C(C)(C)C)c2ccc(O)c3[nH]c(=O)ccc23)c(OC)cc1NC(=O)CCN1CCC(OC(=O)Nc2ccccc2-c2ccccc2)CC1. The minimum atomic E-state index is -2.28. The number of carbonyl (C=O) groups excluding carboxylic acids is 2. The van der Waals surface area contributed by atoms with E-state index in [2.05, 4.69) is 71.5 Å². The summed E-state index contributed by atoms with van der Waals surface area (Å²) < 4.78 is 18.6. The van der Waals surface area contributed by atoms with Crippen LogP contribution < -0.4 is 26.2 Å². The van der Waals surface area contributed by atoms with Gasteiger partial charge in [-0.05, 0) is 73.3 Å². The van der Waals surface area contributed by atoms with E-state index in [9.17, 15) is 19.5 Å². The summed E-state index contributed by atoms with van der Waals surface area (Å²) in [5, 5.41) is 20.8. The highest BCUT2D eigenvalue weighted by Gasteiger charge is 2.40. The summed E-state index contributed by atoms with van der Waals surface area (Å²) in [6, 6.07) is 28.0. The van der Waals surface area contributed by atoms with E-state index in [1.54, 1.807) is 26.2 Å². The number of phenols is 1. The molecule has 1 aliphatic heterocycles. The average molecular weight is 858 g/mol. The van der Waals surface area contributed by atoms with E-state index in [1.165, 1.54) is 6.07 Å². The normalized spacial score (nSPS) is 14.1. The molecule has 0 spiro atoms. The van der Waals surface area contributed by atoms with Gasteiger partial charge < -0.3 is 39.5 Å². The molecule has 2 heterocycles. The molecule has 62 heavy (non-hydrogen) atoms. The predicted octanol–water partition coefficient (Wildman–Crippen LogP) is 9.18. The maximum atomic E-state index is 13.3. The van der Waals surface area contributed by atoms with Crippen LogP contribution in [0.15, 0.2) is 95.8 Å². The molecule has 0 radical (unpaired) electrons. The number of hydrogen-bond acceptors (Lipinski definition) is 9. The van der Waals surface area contributed by atoms with E-state index in [0.717, 1.165) is 22.3 Å². The summed E-state index contributed by atoms with van der Waals surface area (Å²) in [5.74, 6) is 6.58. The van der Waals surface area contributed by atoms with Crippen molar-refractivity contribution < 1.29 is 28.6 Å². The molecule has 326 valence electrons. The molecule has 1 aromatic heterocycles. The first-order valence-electron chi connectivity index (χ1n) is 21.2. The van der Waals surface area contributed by atoms with Gasteiger partial charge in [-0.2, -0.15) is 0 Å². The number of amides is 2. The van der Waals surface area contributed by atoms with Crippen LogP contribution in [-0.4, -0.2) is 74.7 Å². The van der Waals surface area contributed by atoms with Crippen LogP contribution in [0.3, 0.4) is 0 Å². The number of H-pyrrole nitrogens is 1. The zero-order valence-electron chi connectivity index (χ0n) is 36.8. The average Bonchev–Trinajstić information content (AvgIpc) is 3.24. The van der Waals surface area contributed by atoms with Crippen molar-refractivity contribution in [1.29, 1.82) is 0 Å². The molecule has 12 nitrogen and oxygen atoms in total. The second-order valence-electron chi connectivity index (χ2n) is 17.1. The number of nitrogens with zero attached hydrogens (tertiary/aromatic N) is 1. The Kier molecular flexibility index (Phi) is 14.9. The standard InChI is InChI=1S/C49H59N5O7Si/c1-8-14-34-29-35(31-50-32-44(61-62(6,7)49(2,3)4)38-19-21-42(55)47-39(38)20-22-45(56)53-47)43(59-5)30-41(34)51-46(57)25-28-54-26-23-36(24-27-54)60-48(58)52-40-18-13-12-17-37(40)33-15-10-9-11-16-33/h9-13,15-22,29-30,36,44,50,55H,23-28,31-32H2,1-7H3,(H,51,57)(H,52,58)(H,53,56)/t44-/m0/s1. The number of aromatic hydroxyl groups is 1. The Morgan fingerprint density at radius 2 is 1.68 bits per heavy atom. The molecule has 1 saturated heterocycles. The maximum Gasteiger partial charge on any atom is 0.411 e. The third-order valence-corrected chi connectivity index (χ3v) is 16.3. The Labute approximate surface area is 365 Å². The van der Waals surface area contributed by atoms with E-state index in [1.807, 2.05) is 72.8 Å². The van der Waals surface area contributed by atoms with Gasteiger partial charge in [0.25, 0.3) is 0 Å². The zero-order valence-corrected chi connectivity index (χ0v) is 37.8. The van der Waals surface area contributed by atoms with Crippen LogP contribution in [0.25, 0.3) is 22.0 Å². The smallest absolute Gasteiger partial charge is 0.411 e. The number of hydrogen-bond donors (Lipinski definition) is 5. The Balaban J connectivity index is 1.04. The number of anilines is 2. The number of fused-ring (bicyclic) bond motifs is 1. The molecule has 1 fully saturated rings. The molecule has 5 N–H and O–H groups in total. The van der Waals surface area contributed by atoms with Gasteiger partial charge in [-0.15, -0.1) is 5.92 Å². The molecule has 0 unspecified atom stereocenters. The van der Waals surface area contributed by atoms with E-state index >= 15 is 0 Å². The fraction of sp³-hybridized carbons (Fsp3) is 0.367. The third kappa shape index (κ3) is 11.5. The molecule has 5 aromatic rings. The number of nitrogens with one attached hydrogen (secondary N) is 4. The molecule has 6 rings (SSSR count). The predicted molar refractivity (Wildman–Crippen MR) is 249 cm³/mol. The fourth-order valence-electron chi connectivity index (χ4n) is 7.39. The van der Waals surface area contributed by atoms with Gasteiger partial charge in [-0.3, -0.25) is 14.9 Å². The minimum Gasteiger partial charge on any atom is -0.506 e. The van der Waals surface area contributed by atoms with Crippen molar-refractivity contribution in [3.05, 3.63) is 118 Å². The number of rotatable bonds is 15. The molecule has 13 heteroatoms. The van der Waals surface area contributed by atoms with E-state index in [0.29, 0.717) is 79.2 Å². The van der Waals surface area contributed by atoms with Gasteiger partial charge >= 0.3 is 6.09 Å². The number of carbonyl (C=O) groups is 2. The van der Waals surface area contributed by atoms with Crippen LogP contribution >= 0.6 is 0 Å². The topological polar surface area (TPSA) is 154 Å². The van der Waals surface area contributed by atoms with Crippen molar-refractivity contribution in [3.8, 4) is 34.5 Å². The van der Waals surface area contributed by atoms with Crippen LogP contribution in [0.1, 0.15) is 69.8 Å². The first-order valence-corrected chi connectivity index (χ1v) is 24.1. The van der Waals surface area contributed by atoms with Crippen LogP contribution in [0.4, 0.5) is 16.2 Å². The van der Waals surface area contributed by atoms with Gasteiger partial charge in [0, 0.05) is 73.4 Å². The van der Waals surface area contributed by atoms with Gasteiger partial charge in [0.15, 0.2) is 8.32 Å². The van der Waals surface area contributed by atoms with E-state index in [4.69, 9.17) is 13.9 Å². The number of piperidine rings is 1. The third-order valence-electron chi connectivity index (χ3n) is 11.8. The largest absolute Gasteiger partial charge is 0.506 e. The molecule has 4 aromatic carbocycles. The van der Waals surface area contributed by atoms with Crippen LogP contribution in [0.2, 0.25) is 18.1 Å². The number of para-hydroxylation sites is 1. The van der Waals surface area contributed by atoms with Crippen molar-refractivity contribution in [2.24, 2.45) is 0 Å². The Morgan fingerprint density at radius 3 is 2.39 bits per heavy atom. The second kappa shape index (κ2) is 20.3. The lowest BCUT2D eigenvalue weighted by Gasteiger charge is -2.39. The lowest BCUT2D eigenvalue weighted by atomic mass is 10.0. The summed E-state index contributed by atoms with van der Waals surface area (Å²) in [5.41, 5.74) is 5.66. The van der Waals surface area contributed by atoms with Crippen molar-refractivity contribution >= 4 is 42.6 Å². The van der Waals surface area contributed by atoms with Gasteiger partial charge in [0.2, 0.25) is 11.5 Å². The number of aromatic nitrogens is 1. The highest BCUT2D eigenvalue weighted by Crippen LogP contribution is 2.41. The Hall–Kier alpha value is -5.91. The summed E-state index contributed by atoms with van der Waals surface area (Å²) in [4.78, 5) is 43.4. The number of methoxy groups -OCH3 is 1.